The van der Waals surface area contributed by atoms with Gasteiger partial charge in [-0.05, 0) is 99.6 Å². The summed E-state index contributed by atoms with van der Waals surface area (Å²) in [5, 5.41) is 7.65. The molecular formula is C49H32. The molecule has 0 aliphatic heterocycles. The molecule has 0 spiro atoms. The summed E-state index contributed by atoms with van der Waals surface area (Å²) in [4.78, 5) is 0. The second kappa shape index (κ2) is 11.2. The predicted molar refractivity (Wildman–Crippen MR) is 208 cm³/mol. The van der Waals surface area contributed by atoms with Crippen molar-refractivity contribution < 1.29 is 0 Å². The summed E-state index contributed by atoms with van der Waals surface area (Å²) in [6.07, 6.45) is 0. The van der Waals surface area contributed by atoms with Crippen LogP contribution in [-0.2, 0) is 0 Å². The fourth-order valence-electron chi connectivity index (χ4n) is 8.48. The summed E-state index contributed by atoms with van der Waals surface area (Å²) in [6, 6.07) is 69.4. The van der Waals surface area contributed by atoms with E-state index in [9.17, 15) is 0 Å². The normalized spacial score (nSPS) is 13.5. The molecule has 1 aliphatic carbocycles. The highest BCUT2D eigenvalue weighted by Gasteiger charge is 2.30. The molecule has 228 valence electrons. The minimum absolute atomic E-state index is 0.251. The Bertz CT molecular complexity index is 2640. The molecule has 0 radical (unpaired) electrons. The van der Waals surface area contributed by atoms with E-state index in [1.165, 1.54) is 93.5 Å². The Labute approximate surface area is 286 Å². The van der Waals surface area contributed by atoms with Crippen molar-refractivity contribution >= 4 is 32.3 Å². The van der Waals surface area contributed by atoms with E-state index in [0.717, 1.165) is 0 Å². The molecule has 0 nitrogen and oxygen atoms in total. The lowest BCUT2D eigenvalue weighted by atomic mass is 9.83. The Morgan fingerprint density at radius 3 is 1.43 bits per heavy atom. The van der Waals surface area contributed by atoms with E-state index in [-0.39, 0.29) is 5.92 Å². The molecule has 1 aliphatic rings. The quantitative estimate of drug-likeness (QED) is 0.172. The van der Waals surface area contributed by atoms with Gasteiger partial charge in [0.2, 0.25) is 0 Å². The van der Waals surface area contributed by atoms with Gasteiger partial charge < -0.3 is 0 Å². The molecule has 0 aromatic heterocycles. The van der Waals surface area contributed by atoms with Crippen molar-refractivity contribution in [1.29, 1.82) is 0 Å². The van der Waals surface area contributed by atoms with Crippen molar-refractivity contribution in [3.8, 4) is 44.5 Å². The van der Waals surface area contributed by atoms with Crippen molar-refractivity contribution in [2.45, 2.75) is 5.92 Å². The van der Waals surface area contributed by atoms with Crippen LogP contribution in [0, 0.1) is 0 Å². The predicted octanol–water partition coefficient (Wildman–Crippen LogP) is 13.3. The average Bonchev–Trinajstić information content (AvgIpc) is 3.51. The van der Waals surface area contributed by atoms with E-state index in [1.807, 2.05) is 0 Å². The standard InChI is InChI=1S/C49H32/c1-3-15-32(16-4-1)47-39-22-10-9-21-38(39)46-31-34(27-28-45(46)47)35-29-30-44(37-20-8-7-19-36(35)37)49-42-25-13-11-23-40(42)48(33-17-5-2-6-18-33)41-24-12-14-26-43(41)49/h1-31,47H. The smallest absolute Gasteiger partial charge is 0.0352 e. The molecule has 0 heterocycles. The van der Waals surface area contributed by atoms with Crippen molar-refractivity contribution in [2.24, 2.45) is 0 Å². The van der Waals surface area contributed by atoms with Gasteiger partial charge in [0, 0.05) is 5.92 Å². The highest BCUT2D eigenvalue weighted by Crippen LogP contribution is 2.50. The van der Waals surface area contributed by atoms with Crippen LogP contribution in [-0.4, -0.2) is 0 Å². The van der Waals surface area contributed by atoms with Crippen molar-refractivity contribution in [3.05, 3.63) is 205 Å². The third-order valence-corrected chi connectivity index (χ3v) is 10.6. The van der Waals surface area contributed by atoms with Gasteiger partial charge in [-0.1, -0.05) is 182 Å². The molecule has 0 fully saturated rings. The second-order valence-electron chi connectivity index (χ2n) is 13.1. The van der Waals surface area contributed by atoms with Crippen LogP contribution in [0.25, 0.3) is 76.8 Å². The number of hydrogen-bond donors (Lipinski definition) is 0. The van der Waals surface area contributed by atoms with Gasteiger partial charge in [0.05, 0.1) is 0 Å². The molecule has 0 amide bonds. The minimum Gasteiger partial charge on any atom is -0.0622 e. The fourth-order valence-corrected chi connectivity index (χ4v) is 8.48. The van der Waals surface area contributed by atoms with E-state index < -0.39 is 0 Å². The molecule has 0 saturated carbocycles. The van der Waals surface area contributed by atoms with Crippen LogP contribution in [0.2, 0.25) is 0 Å². The molecule has 9 aromatic carbocycles. The van der Waals surface area contributed by atoms with Gasteiger partial charge >= 0.3 is 0 Å². The van der Waals surface area contributed by atoms with Crippen LogP contribution in [0.4, 0.5) is 0 Å². The lowest BCUT2D eigenvalue weighted by molar-refractivity contribution is 1.02. The van der Waals surface area contributed by atoms with Crippen LogP contribution < -0.4 is 0 Å². The van der Waals surface area contributed by atoms with Crippen LogP contribution in [0.1, 0.15) is 22.6 Å². The first-order valence-electron chi connectivity index (χ1n) is 17.1. The summed E-state index contributed by atoms with van der Waals surface area (Å²) >= 11 is 0. The largest absolute Gasteiger partial charge is 0.0622 e. The average molecular weight is 621 g/mol. The molecule has 0 saturated heterocycles. The maximum absolute atomic E-state index is 2.43. The van der Waals surface area contributed by atoms with E-state index in [1.54, 1.807) is 0 Å². The first-order valence-corrected chi connectivity index (χ1v) is 17.1. The number of benzene rings is 9. The molecule has 49 heavy (non-hydrogen) atoms. The Balaban J connectivity index is 1.20. The van der Waals surface area contributed by atoms with E-state index >= 15 is 0 Å². The molecule has 0 N–H and O–H groups in total. The molecule has 10 rings (SSSR count). The monoisotopic (exact) mass is 620 g/mol. The summed E-state index contributed by atoms with van der Waals surface area (Å²) in [5.41, 5.74) is 14.4. The van der Waals surface area contributed by atoms with Gasteiger partial charge in [-0.15, -0.1) is 0 Å². The Morgan fingerprint density at radius 2 is 0.755 bits per heavy atom. The SMILES string of the molecule is c1ccc(-c2c3ccccc3c(-c3ccc(-c4ccc5c(c4)-c4ccccc4C5c4ccccc4)c4ccccc34)c3ccccc23)cc1. The van der Waals surface area contributed by atoms with Gasteiger partial charge in [-0.3, -0.25) is 0 Å². The van der Waals surface area contributed by atoms with Gasteiger partial charge in [0.1, 0.15) is 0 Å². The highest BCUT2D eigenvalue weighted by molar-refractivity contribution is 6.24. The maximum Gasteiger partial charge on any atom is 0.0352 e. The summed E-state index contributed by atoms with van der Waals surface area (Å²) in [6.45, 7) is 0. The molecule has 0 bridgehead atoms. The van der Waals surface area contributed by atoms with Gasteiger partial charge in [0.15, 0.2) is 0 Å². The van der Waals surface area contributed by atoms with Gasteiger partial charge in [-0.2, -0.15) is 0 Å². The summed E-state index contributed by atoms with van der Waals surface area (Å²) in [7, 11) is 0. The zero-order valence-electron chi connectivity index (χ0n) is 27.0. The summed E-state index contributed by atoms with van der Waals surface area (Å²) in [5.74, 6) is 0.251. The van der Waals surface area contributed by atoms with Crippen LogP contribution >= 0.6 is 0 Å². The topological polar surface area (TPSA) is 0 Å². The third-order valence-electron chi connectivity index (χ3n) is 10.6. The first kappa shape index (κ1) is 27.8. The zero-order chi connectivity index (χ0) is 32.3. The lowest BCUT2D eigenvalue weighted by Crippen LogP contribution is -1.98. The second-order valence-corrected chi connectivity index (χ2v) is 13.1. The van der Waals surface area contributed by atoms with Crippen LogP contribution in [0.15, 0.2) is 188 Å². The highest BCUT2D eigenvalue weighted by atomic mass is 14.3. The lowest BCUT2D eigenvalue weighted by Gasteiger charge is -2.20. The van der Waals surface area contributed by atoms with E-state index in [0.29, 0.717) is 0 Å². The van der Waals surface area contributed by atoms with E-state index in [2.05, 4.69) is 188 Å². The summed E-state index contributed by atoms with van der Waals surface area (Å²) < 4.78 is 0. The van der Waals surface area contributed by atoms with E-state index in [4.69, 9.17) is 0 Å². The molecule has 9 aromatic rings. The number of hydrogen-bond acceptors (Lipinski definition) is 0. The molecule has 1 atom stereocenters. The molecule has 0 heteroatoms. The zero-order valence-corrected chi connectivity index (χ0v) is 27.0. The van der Waals surface area contributed by atoms with Crippen molar-refractivity contribution in [2.75, 3.05) is 0 Å². The van der Waals surface area contributed by atoms with Crippen LogP contribution in [0.5, 0.6) is 0 Å². The van der Waals surface area contributed by atoms with Gasteiger partial charge in [0.25, 0.3) is 0 Å². The molecular weight excluding hydrogens is 589 g/mol. The van der Waals surface area contributed by atoms with Crippen molar-refractivity contribution in [1.82, 2.24) is 0 Å². The van der Waals surface area contributed by atoms with Crippen molar-refractivity contribution in [3.63, 3.8) is 0 Å². The Hall–Kier alpha value is -6.24. The number of fused-ring (bicyclic) bond motifs is 6. The fraction of sp³-hybridized carbons (Fsp3) is 0.0204. The maximum atomic E-state index is 2.43. The minimum atomic E-state index is 0.251. The first-order chi connectivity index (χ1) is 24.3. The van der Waals surface area contributed by atoms with Crippen LogP contribution in [0.3, 0.4) is 0 Å². The van der Waals surface area contributed by atoms with Gasteiger partial charge in [-0.25, -0.2) is 0 Å². The Morgan fingerprint density at radius 1 is 0.265 bits per heavy atom. The Kier molecular flexibility index (Phi) is 6.35. The number of rotatable bonds is 4. The third kappa shape index (κ3) is 4.31. The molecule has 1 unspecified atom stereocenters.